The smallest absolute Gasteiger partial charge is 0.256 e. The fourth-order valence-corrected chi connectivity index (χ4v) is 4.17. The Morgan fingerprint density at radius 1 is 1.25 bits per heavy atom. The van der Waals surface area contributed by atoms with Crippen molar-refractivity contribution in [3.8, 4) is 0 Å². The molecule has 0 aliphatic carbocycles. The third-order valence-corrected chi connectivity index (χ3v) is 5.68. The van der Waals surface area contributed by atoms with Gasteiger partial charge in [-0.1, -0.05) is 37.3 Å². The van der Waals surface area contributed by atoms with Crippen LogP contribution in [0.1, 0.15) is 57.2 Å². The summed E-state index contributed by atoms with van der Waals surface area (Å²) in [6.45, 7) is 5.95. The van der Waals surface area contributed by atoms with Crippen molar-refractivity contribution in [2.75, 3.05) is 18.5 Å². The van der Waals surface area contributed by atoms with E-state index in [1.54, 1.807) is 6.07 Å². The van der Waals surface area contributed by atoms with Gasteiger partial charge in [0.15, 0.2) is 0 Å². The molecule has 0 radical (unpaired) electrons. The van der Waals surface area contributed by atoms with Crippen molar-refractivity contribution >= 4 is 17.5 Å². The maximum Gasteiger partial charge on any atom is 0.256 e. The second-order valence-corrected chi connectivity index (χ2v) is 7.58. The monoisotopic (exact) mass is 378 g/mol. The largest absolute Gasteiger partial charge is 0.376 e. The molecule has 0 saturated carbocycles. The van der Waals surface area contributed by atoms with Crippen molar-refractivity contribution in [3.63, 3.8) is 0 Å². The number of rotatable bonds is 5. The Morgan fingerprint density at radius 3 is 2.82 bits per heavy atom. The fraction of sp³-hybridized carbons (Fsp3) is 0.391. The van der Waals surface area contributed by atoms with Crippen LogP contribution in [0.5, 0.6) is 0 Å². The number of fused-ring (bicyclic) bond motifs is 1. The number of benzene rings is 2. The molecule has 0 aromatic heterocycles. The average Bonchev–Trinajstić information content (AvgIpc) is 3.32. The highest BCUT2D eigenvalue weighted by Crippen LogP contribution is 2.29. The van der Waals surface area contributed by atoms with Crippen LogP contribution in [0.3, 0.4) is 0 Å². The van der Waals surface area contributed by atoms with E-state index in [4.69, 9.17) is 4.74 Å². The van der Waals surface area contributed by atoms with E-state index in [0.717, 1.165) is 48.2 Å². The number of hydrogen-bond donors (Lipinski definition) is 1. The van der Waals surface area contributed by atoms with Gasteiger partial charge in [0.1, 0.15) is 0 Å². The van der Waals surface area contributed by atoms with E-state index in [1.807, 2.05) is 42.2 Å². The number of hydrogen-bond acceptors (Lipinski definition) is 3. The van der Waals surface area contributed by atoms with Crippen LogP contribution >= 0.6 is 0 Å². The standard InChI is InChI=1S/C23H26N2O3/c1-3-16-8-4-7-15(2)21(16)24-22(26)19-11-5-9-17-13-25(23(27)20(17)19)14-18-10-6-12-28-18/h4-5,7-9,11,18H,3,6,10,12-14H2,1-2H3,(H,24,26). The highest BCUT2D eigenvalue weighted by Gasteiger charge is 2.33. The zero-order valence-corrected chi connectivity index (χ0v) is 16.5. The topological polar surface area (TPSA) is 58.6 Å². The summed E-state index contributed by atoms with van der Waals surface area (Å²) in [4.78, 5) is 27.9. The van der Waals surface area contributed by atoms with Crippen LogP contribution in [0.15, 0.2) is 36.4 Å². The molecule has 0 spiro atoms. The lowest BCUT2D eigenvalue weighted by Crippen LogP contribution is -2.32. The summed E-state index contributed by atoms with van der Waals surface area (Å²) < 4.78 is 5.68. The number of nitrogens with one attached hydrogen (secondary N) is 1. The molecule has 146 valence electrons. The molecule has 2 aromatic carbocycles. The minimum Gasteiger partial charge on any atom is -0.376 e. The third kappa shape index (κ3) is 3.42. The molecule has 1 atom stereocenters. The van der Waals surface area contributed by atoms with Gasteiger partial charge in [0.2, 0.25) is 0 Å². The molecule has 1 saturated heterocycles. The van der Waals surface area contributed by atoms with Crippen LogP contribution in [-0.2, 0) is 17.7 Å². The van der Waals surface area contributed by atoms with Crippen molar-refractivity contribution in [2.24, 2.45) is 0 Å². The molecule has 1 unspecified atom stereocenters. The van der Waals surface area contributed by atoms with E-state index in [-0.39, 0.29) is 17.9 Å². The van der Waals surface area contributed by atoms with Crippen molar-refractivity contribution in [1.29, 1.82) is 0 Å². The first kappa shape index (κ1) is 18.7. The third-order valence-electron chi connectivity index (χ3n) is 5.68. The van der Waals surface area contributed by atoms with Gasteiger partial charge in [0.25, 0.3) is 11.8 Å². The summed E-state index contributed by atoms with van der Waals surface area (Å²) in [5.41, 5.74) is 4.84. The molecule has 28 heavy (non-hydrogen) atoms. The van der Waals surface area contributed by atoms with Crippen LogP contribution in [0.25, 0.3) is 0 Å². The van der Waals surface area contributed by atoms with Crippen LogP contribution < -0.4 is 5.32 Å². The summed E-state index contributed by atoms with van der Waals surface area (Å²) >= 11 is 0. The molecule has 2 aliphatic heterocycles. The normalized spacial score (nSPS) is 18.4. The number of ether oxygens (including phenoxy) is 1. The van der Waals surface area contributed by atoms with E-state index >= 15 is 0 Å². The number of carbonyl (C=O) groups excluding carboxylic acids is 2. The lowest BCUT2D eigenvalue weighted by Gasteiger charge is -2.19. The second kappa shape index (κ2) is 7.76. The van der Waals surface area contributed by atoms with Gasteiger partial charge in [-0.3, -0.25) is 9.59 Å². The van der Waals surface area contributed by atoms with E-state index < -0.39 is 0 Å². The maximum atomic E-state index is 13.1. The average molecular weight is 378 g/mol. The van der Waals surface area contributed by atoms with Gasteiger partial charge in [0.05, 0.1) is 17.2 Å². The van der Waals surface area contributed by atoms with Gasteiger partial charge in [-0.25, -0.2) is 0 Å². The molecule has 2 aromatic rings. The predicted octanol–water partition coefficient (Wildman–Crippen LogP) is 3.94. The molecule has 4 rings (SSSR count). The highest BCUT2D eigenvalue weighted by molar-refractivity contribution is 6.14. The molecular formula is C23H26N2O3. The quantitative estimate of drug-likeness (QED) is 0.857. The number of aryl methyl sites for hydroxylation is 2. The number of nitrogens with zero attached hydrogens (tertiary/aromatic N) is 1. The summed E-state index contributed by atoms with van der Waals surface area (Å²) in [5, 5.41) is 3.05. The molecule has 5 heteroatoms. The Morgan fingerprint density at radius 2 is 2.07 bits per heavy atom. The van der Waals surface area contributed by atoms with Crippen molar-refractivity contribution in [3.05, 3.63) is 64.2 Å². The van der Waals surface area contributed by atoms with E-state index in [2.05, 4.69) is 12.2 Å². The molecule has 1 N–H and O–H groups in total. The number of anilines is 1. The molecule has 2 amide bonds. The molecular weight excluding hydrogens is 352 g/mol. The van der Waals surface area contributed by atoms with Gasteiger partial charge < -0.3 is 15.0 Å². The Bertz CT molecular complexity index is 916. The minimum atomic E-state index is -0.229. The first-order valence-electron chi connectivity index (χ1n) is 10.0. The lowest BCUT2D eigenvalue weighted by atomic mass is 10.0. The predicted molar refractivity (Wildman–Crippen MR) is 109 cm³/mol. The van der Waals surface area contributed by atoms with Crippen molar-refractivity contribution in [1.82, 2.24) is 4.90 Å². The molecule has 2 heterocycles. The van der Waals surface area contributed by atoms with E-state index in [9.17, 15) is 9.59 Å². The van der Waals surface area contributed by atoms with Gasteiger partial charge in [-0.05, 0) is 48.9 Å². The first-order chi connectivity index (χ1) is 13.6. The zero-order valence-electron chi connectivity index (χ0n) is 16.5. The van der Waals surface area contributed by atoms with E-state index in [1.165, 1.54) is 0 Å². The Hall–Kier alpha value is -2.66. The number of para-hydroxylation sites is 1. The van der Waals surface area contributed by atoms with E-state index in [0.29, 0.717) is 24.2 Å². The van der Waals surface area contributed by atoms with Crippen LogP contribution in [0.2, 0.25) is 0 Å². The molecule has 5 nitrogen and oxygen atoms in total. The lowest BCUT2D eigenvalue weighted by molar-refractivity contribution is 0.0544. The van der Waals surface area contributed by atoms with Crippen LogP contribution in [0, 0.1) is 6.92 Å². The number of amides is 2. The van der Waals surface area contributed by atoms with Gasteiger partial charge >= 0.3 is 0 Å². The summed E-state index contributed by atoms with van der Waals surface area (Å²) in [6, 6.07) is 11.5. The van der Waals surface area contributed by atoms with Crippen LogP contribution in [-0.4, -0.2) is 36.0 Å². The Kier molecular flexibility index (Phi) is 5.18. The number of carbonyl (C=O) groups is 2. The van der Waals surface area contributed by atoms with Gasteiger partial charge in [-0.15, -0.1) is 0 Å². The highest BCUT2D eigenvalue weighted by atomic mass is 16.5. The summed E-state index contributed by atoms with van der Waals surface area (Å²) in [6.07, 6.45) is 2.97. The van der Waals surface area contributed by atoms with Crippen molar-refractivity contribution in [2.45, 2.75) is 45.8 Å². The Balaban J connectivity index is 1.59. The molecule has 1 fully saturated rings. The summed E-state index contributed by atoms with van der Waals surface area (Å²) in [7, 11) is 0. The maximum absolute atomic E-state index is 13.1. The molecule has 0 bridgehead atoms. The van der Waals surface area contributed by atoms with Crippen LogP contribution in [0.4, 0.5) is 5.69 Å². The van der Waals surface area contributed by atoms with Gasteiger partial charge in [0, 0.05) is 25.4 Å². The Labute approximate surface area is 165 Å². The van der Waals surface area contributed by atoms with Gasteiger partial charge in [-0.2, -0.15) is 0 Å². The SMILES string of the molecule is CCc1cccc(C)c1NC(=O)c1cccc2c1C(=O)N(CC1CCCO1)C2. The first-order valence-corrected chi connectivity index (χ1v) is 10.0. The van der Waals surface area contributed by atoms with Crippen molar-refractivity contribution < 1.29 is 14.3 Å². The fourth-order valence-electron chi connectivity index (χ4n) is 4.17. The minimum absolute atomic E-state index is 0.0725. The molecule has 2 aliphatic rings. The second-order valence-electron chi connectivity index (χ2n) is 7.58. The zero-order chi connectivity index (χ0) is 19.7. The summed E-state index contributed by atoms with van der Waals surface area (Å²) in [5.74, 6) is -0.301.